The molecule has 2 N–H and O–H groups in total. The number of likely N-dealkylation sites (N-methyl/N-ethyl adjacent to an activating group) is 1. The zero-order chi connectivity index (χ0) is 14.8. The predicted octanol–water partition coefficient (Wildman–Crippen LogP) is 2.56. The third-order valence-corrected chi connectivity index (χ3v) is 5.74. The van der Waals surface area contributed by atoms with E-state index in [1.54, 1.807) is 0 Å². The van der Waals surface area contributed by atoms with Crippen molar-refractivity contribution in [2.45, 2.75) is 64.0 Å². The fourth-order valence-electron chi connectivity index (χ4n) is 4.59. The van der Waals surface area contributed by atoms with Crippen molar-refractivity contribution in [3.8, 4) is 0 Å². The molecule has 1 saturated carbocycles. The second-order valence-electron chi connectivity index (χ2n) is 7.78. The quantitative estimate of drug-likeness (QED) is 0.840. The highest BCUT2D eigenvalue weighted by molar-refractivity contribution is 5.01. The van der Waals surface area contributed by atoms with Crippen LogP contribution in [0.5, 0.6) is 0 Å². The minimum absolute atomic E-state index is 0.296. The van der Waals surface area contributed by atoms with E-state index in [4.69, 9.17) is 5.73 Å². The fraction of sp³-hybridized carbons (Fsp3) is 1.00. The van der Waals surface area contributed by atoms with Crippen molar-refractivity contribution in [2.24, 2.45) is 17.6 Å². The van der Waals surface area contributed by atoms with Crippen LogP contribution < -0.4 is 5.73 Å². The number of rotatable bonds is 5. The molecule has 0 aromatic rings. The van der Waals surface area contributed by atoms with Crippen molar-refractivity contribution in [3.63, 3.8) is 0 Å². The number of hydrogen-bond acceptors (Lipinski definition) is 3. The lowest BCUT2D eigenvalue weighted by atomic mass is 9.70. The van der Waals surface area contributed by atoms with Gasteiger partial charge in [-0.15, -0.1) is 0 Å². The van der Waals surface area contributed by atoms with Crippen LogP contribution >= 0.6 is 0 Å². The van der Waals surface area contributed by atoms with Crippen molar-refractivity contribution < 1.29 is 0 Å². The molecule has 1 saturated heterocycles. The zero-order valence-electron chi connectivity index (χ0n) is 14.1. The normalized spacial score (nSPS) is 36.1. The van der Waals surface area contributed by atoms with Gasteiger partial charge in [0.2, 0.25) is 0 Å². The lowest BCUT2D eigenvalue weighted by molar-refractivity contribution is 0.00996. The number of hydrogen-bond donors (Lipinski definition) is 1. The topological polar surface area (TPSA) is 32.5 Å². The maximum atomic E-state index is 6.32. The van der Waals surface area contributed by atoms with Gasteiger partial charge in [0.15, 0.2) is 0 Å². The van der Waals surface area contributed by atoms with Gasteiger partial charge in [-0.25, -0.2) is 0 Å². The molecule has 0 aromatic carbocycles. The van der Waals surface area contributed by atoms with Crippen LogP contribution in [0, 0.1) is 11.8 Å². The molecule has 1 aliphatic heterocycles. The van der Waals surface area contributed by atoms with Gasteiger partial charge >= 0.3 is 0 Å². The third-order valence-electron chi connectivity index (χ3n) is 5.74. The maximum absolute atomic E-state index is 6.32. The summed E-state index contributed by atoms with van der Waals surface area (Å²) in [7, 11) is 4.40. The Morgan fingerprint density at radius 1 is 1.25 bits per heavy atom. The van der Waals surface area contributed by atoms with E-state index >= 15 is 0 Å². The van der Waals surface area contributed by atoms with Crippen molar-refractivity contribution in [1.82, 2.24) is 9.80 Å². The Hall–Kier alpha value is -0.120. The number of nitrogens with two attached hydrogens (primary N) is 1. The molecule has 2 rings (SSSR count). The van der Waals surface area contributed by atoms with Crippen LogP contribution in [0.25, 0.3) is 0 Å². The largest absolute Gasteiger partial charge is 0.329 e. The Morgan fingerprint density at radius 2 is 2.00 bits per heavy atom. The van der Waals surface area contributed by atoms with E-state index in [0.29, 0.717) is 5.54 Å². The molecule has 3 unspecified atom stereocenters. The first-order valence-corrected chi connectivity index (χ1v) is 8.60. The predicted molar refractivity (Wildman–Crippen MR) is 86.9 cm³/mol. The summed E-state index contributed by atoms with van der Waals surface area (Å²) in [5.41, 5.74) is 6.61. The molecule has 2 fully saturated rings. The molecule has 1 heterocycles. The maximum Gasteiger partial charge on any atom is 0.0337 e. The van der Waals surface area contributed by atoms with Crippen LogP contribution in [0.3, 0.4) is 0 Å². The summed E-state index contributed by atoms with van der Waals surface area (Å²) in [5, 5.41) is 0. The molecule has 118 valence electrons. The van der Waals surface area contributed by atoms with Crippen LogP contribution in [0.15, 0.2) is 0 Å². The smallest absolute Gasteiger partial charge is 0.0337 e. The van der Waals surface area contributed by atoms with Crippen LogP contribution in [-0.2, 0) is 0 Å². The molecule has 0 spiro atoms. The SMILES string of the molecule is CC(C)C1CCCC(CN)(N2CCCC2CN(C)C)C1. The Bertz CT molecular complexity index is 303. The van der Waals surface area contributed by atoms with Gasteiger partial charge in [-0.1, -0.05) is 26.7 Å². The molecule has 0 amide bonds. The van der Waals surface area contributed by atoms with Gasteiger partial charge in [0.25, 0.3) is 0 Å². The Labute approximate surface area is 125 Å². The molecule has 3 atom stereocenters. The van der Waals surface area contributed by atoms with Gasteiger partial charge in [0, 0.05) is 24.7 Å². The molecule has 2 aliphatic rings. The molecule has 0 bridgehead atoms. The average molecular weight is 281 g/mol. The van der Waals surface area contributed by atoms with E-state index in [1.165, 1.54) is 51.6 Å². The molecule has 20 heavy (non-hydrogen) atoms. The minimum Gasteiger partial charge on any atom is -0.329 e. The highest BCUT2D eigenvalue weighted by Crippen LogP contribution is 2.42. The molecule has 1 aliphatic carbocycles. The molecule has 0 radical (unpaired) electrons. The summed E-state index contributed by atoms with van der Waals surface area (Å²) < 4.78 is 0. The lowest BCUT2D eigenvalue weighted by Crippen LogP contribution is -2.59. The summed E-state index contributed by atoms with van der Waals surface area (Å²) in [5.74, 6) is 1.67. The van der Waals surface area contributed by atoms with E-state index in [-0.39, 0.29) is 0 Å². The van der Waals surface area contributed by atoms with Crippen LogP contribution in [0.4, 0.5) is 0 Å². The summed E-state index contributed by atoms with van der Waals surface area (Å²) in [6, 6.07) is 0.722. The standard InChI is InChI=1S/C17H35N3/c1-14(2)15-7-5-9-17(11-15,13-18)20-10-6-8-16(20)12-19(3)4/h14-16H,5-13,18H2,1-4H3. The van der Waals surface area contributed by atoms with Crippen molar-refractivity contribution in [3.05, 3.63) is 0 Å². The Morgan fingerprint density at radius 3 is 2.60 bits per heavy atom. The molecule has 3 nitrogen and oxygen atoms in total. The monoisotopic (exact) mass is 281 g/mol. The second kappa shape index (κ2) is 6.76. The first kappa shape index (κ1) is 16.3. The number of nitrogens with zero attached hydrogens (tertiary/aromatic N) is 2. The lowest BCUT2D eigenvalue weighted by Gasteiger charge is -2.50. The highest BCUT2D eigenvalue weighted by Gasteiger charge is 2.45. The zero-order valence-corrected chi connectivity index (χ0v) is 14.1. The summed E-state index contributed by atoms with van der Waals surface area (Å²) in [6.45, 7) is 8.08. The van der Waals surface area contributed by atoms with Crippen molar-refractivity contribution in [1.29, 1.82) is 0 Å². The average Bonchev–Trinajstić information content (AvgIpc) is 2.86. The molecule has 3 heteroatoms. The van der Waals surface area contributed by atoms with Crippen LogP contribution in [-0.4, -0.2) is 55.1 Å². The summed E-state index contributed by atoms with van der Waals surface area (Å²) in [4.78, 5) is 5.15. The first-order chi connectivity index (χ1) is 9.48. The summed E-state index contributed by atoms with van der Waals surface area (Å²) in [6.07, 6.45) is 8.12. The van der Waals surface area contributed by atoms with E-state index in [2.05, 4.69) is 37.7 Å². The molecular weight excluding hydrogens is 246 g/mol. The van der Waals surface area contributed by atoms with E-state index in [1.807, 2.05) is 0 Å². The minimum atomic E-state index is 0.296. The second-order valence-corrected chi connectivity index (χ2v) is 7.78. The van der Waals surface area contributed by atoms with E-state index in [9.17, 15) is 0 Å². The first-order valence-electron chi connectivity index (χ1n) is 8.60. The third kappa shape index (κ3) is 3.37. The number of likely N-dealkylation sites (tertiary alicyclic amines) is 1. The highest BCUT2D eigenvalue weighted by atomic mass is 15.3. The van der Waals surface area contributed by atoms with Gasteiger partial charge < -0.3 is 10.6 Å². The van der Waals surface area contributed by atoms with Gasteiger partial charge in [-0.3, -0.25) is 4.90 Å². The van der Waals surface area contributed by atoms with Crippen molar-refractivity contribution >= 4 is 0 Å². The van der Waals surface area contributed by atoms with E-state index < -0.39 is 0 Å². The van der Waals surface area contributed by atoms with Crippen LogP contribution in [0.2, 0.25) is 0 Å². The fourth-order valence-corrected chi connectivity index (χ4v) is 4.59. The summed E-state index contributed by atoms with van der Waals surface area (Å²) >= 11 is 0. The van der Waals surface area contributed by atoms with Gasteiger partial charge in [-0.2, -0.15) is 0 Å². The van der Waals surface area contributed by atoms with Crippen molar-refractivity contribution in [2.75, 3.05) is 33.7 Å². The van der Waals surface area contributed by atoms with Gasteiger partial charge in [0.05, 0.1) is 0 Å². The molecular formula is C17H35N3. The van der Waals surface area contributed by atoms with Gasteiger partial charge in [-0.05, 0) is 58.2 Å². The Balaban J connectivity index is 2.12. The Kier molecular flexibility index (Phi) is 5.49. The molecule has 0 aromatic heterocycles. The van der Waals surface area contributed by atoms with E-state index in [0.717, 1.165) is 24.4 Å². The van der Waals surface area contributed by atoms with Crippen LogP contribution in [0.1, 0.15) is 52.4 Å². The van der Waals surface area contributed by atoms with Gasteiger partial charge in [0.1, 0.15) is 0 Å².